The summed E-state index contributed by atoms with van der Waals surface area (Å²) in [6.07, 6.45) is 1.89. The molecule has 0 amide bonds. The second kappa shape index (κ2) is 8.61. The predicted octanol–water partition coefficient (Wildman–Crippen LogP) is 1.35. The van der Waals surface area contributed by atoms with Gasteiger partial charge in [-0.15, -0.1) is 12.6 Å². The van der Waals surface area contributed by atoms with Gasteiger partial charge in [0, 0.05) is 18.8 Å². The van der Waals surface area contributed by atoms with Gasteiger partial charge in [0.1, 0.15) is 6.23 Å². The van der Waals surface area contributed by atoms with E-state index in [1.807, 2.05) is 13.8 Å². The highest BCUT2D eigenvalue weighted by Crippen LogP contribution is 1.98. The SMILES string of the molecule is C=C/N=C(/S)NC(CC)CN[C@H](O)C(C)C. The number of thiol groups is 1. The highest BCUT2D eigenvalue weighted by molar-refractivity contribution is 7.96. The Hall–Kier alpha value is -0.520. The van der Waals surface area contributed by atoms with Gasteiger partial charge < -0.3 is 10.4 Å². The van der Waals surface area contributed by atoms with E-state index >= 15 is 0 Å². The summed E-state index contributed by atoms with van der Waals surface area (Å²) in [7, 11) is 0. The number of amidine groups is 1. The molecule has 4 nitrogen and oxygen atoms in total. The molecule has 0 radical (unpaired) electrons. The number of rotatable bonds is 7. The maximum absolute atomic E-state index is 9.60. The number of nitrogens with one attached hydrogen (secondary N) is 2. The van der Waals surface area contributed by atoms with Crippen molar-refractivity contribution in [2.45, 2.75) is 39.5 Å². The summed E-state index contributed by atoms with van der Waals surface area (Å²) in [5.74, 6) is 0.204. The lowest BCUT2D eigenvalue weighted by Crippen LogP contribution is -2.45. The van der Waals surface area contributed by atoms with E-state index in [4.69, 9.17) is 0 Å². The minimum absolute atomic E-state index is 0.199. The molecular weight excluding hydrogens is 222 g/mol. The second-order valence-electron chi connectivity index (χ2n) is 3.98. The molecule has 0 fully saturated rings. The Labute approximate surface area is 104 Å². The van der Waals surface area contributed by atoms with Gasteiger partial charge in [0.05, 0.1) is 0 Å². The number of aliphatic hydroxyl groups excluding tert-OH is 1. The maximum Gasteiger partial charge on any atom is 0.158 e. The van der Waals surface area contributed by atoms with Crippen LogP contribution in [-0.4, -0.2) is 29.1 Å². The zero-order valence-electron chi connectivity index (χ0n) is 10.3. The average molecular weight is 245 g/mol. The fourth-order valence-electron chi connectivity index (χ4n) is 1.10. The average Bonchev–Trinajstić information content (AvgIpc) is 2.23. The Morgan fingerprint density at radius 2 is 2.19 bits per heavy atom. The first-order valence-electron chi connectivity index (χ1n) is 5.56. The third kappa shape index (κ3) is 6.87. The lowest BCUT2D eigenvalue weighted by atomic mass is 10.1. The van der Waals surface area contributed by atoms with Crippen molar-refractivity contribution >= 4 is 17.8 Å². The fraction of sp³-hybridized carbons (Fsp3) is 0.727. The molecule has 1 unspecified atom stereocenters. The standard InChI is InChI=1S/C11H23N3OS/c1-5-9(14-11(16)12-6-2)7-13-10(15)8(3)4/h6,8-10,13,15H,2,5,7H2,1,3-4H3,(H2,12,14,16)/t9?,10-/m1/s1. The van der Waals surface area contributed by atoms with Crippen molar-refractivity contribution in [1.82, 2.24) is 10.6 Å². The van der Waals surface area contributed by atoms with Crippen molar-refractivity contribution in [2.75, 3.05) is 6.54 Å². The summed E-state index contributed by atoms with van der Waals surface area (Å²) in [6.45, 7) is 10.2. The molecule has 3 N–H and O–H groups in total. The lowest BCUT2D eigenvalue weighted by Gasteiger charge is -2.22. The summed E-state index contributed by atoms with van der Waals surface area (Å²) in [6, 6.07) is 0.199. The molecule has 0 spiro atoms. The molecule has 2 atom stereocenters. The summed E-state index contributed by atoms with van der Waals surface area (Å²) >= 11 is 4.17. The summed E-state index contributed by atoms with van der Waals surface area (Å²) in [5, 5.41) is 16.3. The Morgan fingerprint density at radius 1 is 1.56 bits per heavy atom. The van der Waals surface area contributed by atoms with E-state index in [1.165, 1.54) is 6.20 Å². The topological polar surface area (TPSA) is 56.7 Å². The first kappa shape index (κ1) is 15.5. The van der Waals surface area contributed by atoms with Crippen LogP contribution in [0.4, 0.5) is 0 Å². The smallest absolute Gasteiger partial charge is 0.158 e. The highest BCUT2D eigenvalue weighted by Gasteiger charge is 2.12. The van der Waals surface area contributed by atoms with Crippen LogP contribution in [-0.2, 0) is 0 Å². The van der Waals surface area contributed by atoms with Crippen molar-refractivity contribution in [3.8, 4) is 0 Å². The molecule has 0 aliphatic carbocycles. The normalized spacial score (nSPS) is 16.0. The van der Waals surface area contributed by atoms with Crippen molar-refractivity contribution in [3.63, 3.8) is 0 Å². The number of aliphatic imine (C=N–C) groups is 1. The highest BCUT2D eigenvalue weighted by atomic mass is 32.1. The van der Waals surface area contributed by atoms with Crippen LogP contribution in [0.5, 0.6) is 0 Å². The molecule has 0 aromatic carbocycles. The van der Waals surface area contributed by atoms with Crippen molar-refractivity contribution in [2.24, 2.45) is 10.9 Å². The van der Waals surface area contributed by atoms with Gasteiger partial charge in [0.2, 0.25) is 0 Å². The molecule has 0 bridgehead atoms. The van der Waals surface area contributed by atoms with Gasteiger partial charge in [-0.05, 0) is 12.3 Å². The van der Waals surface area contributed by atoms with E-state index in [9.17, 15) is 5.11 Å². The molecule has 94 valence electrons. The second-order valence-corrected chi connectivity index (χ2v) is 4.41. The molecule has 0 rings (SSSR count). The molecule has 5 heteroatoms. The van der Waals surface area contributed by atoms with Crippen LogP contribution in [0.25, 0.3) is 0 Å². The number of aliphatic hydroxyl groups is 1. The van der Waals surface area contributed by atoms with E-state index in [0.717, 1.165) is 6.42 Å². The molecule has 0 saturated carbocycles. The minimum atomic E-state index is -0.476. The number of nitrogens with zero attached hydrogens (tertiary/aromatic N) is 1. The van der Waals surface area contributed by atoms with Crippen LogP contribution in [0.2, 0.25) is 0 Å². The van der Waals surface area contributed by atoms with Gasteiger partial charge in [0.25, 0.3) is 0 Å². The van der Waals surface area contributed by atoms with Crippen molar-refractivity contribution in [3.05, 3.63) is 12.8 Å². The van der Waals surface area contributed by atoms with Crippen LogP contribution >= 0.6 is 12.6 Å². The summed E-state index contributed by atoms with van der Waals surface area (Å²) in [4.78, 5) is 3.92. The zero-order chi connectivity index (χ0) is 12.6. The molecular formula is C11H23N3OS. The number of hydrogen-bond acceptors (Lipinski definition) is 3. The van der Waals surface area contributed by atoms with Crippen LogP contribution < -0.4 is 10.6 Å². The minimum Gasteiger partial charge on any atom is -0.378 e. The van der Waals surface area contributed by atoms with Gasteiger partial charge >= 0.3 is 0 Å². The van der Waals surface area contributed by atoms with Crippen LogP contribution in [0, 0.1) is 5.92 Å². The largest absolute Gasteiger partial charge is 0.378 e. The summed E-state index contributed by atoms with van der Waals surface area (Å²) < 4.78 is 0. The van der Waals surface area contributed by atoms with Gasteiger partial charge in [0.15, 0.2) is 5.17 Å². The molecule has 16 heavy (non-hydrogen) atoms. The monoisotopic (exact) mass is 245 g/mol. The Morgan fingerprint density at radius 3 is 2.62 bits per heavy atom. The molecule has 0 aliphatic rings. The molecule has 0 aliphatic heterocycles. The molecule has 0 saturated heterocycles. The molecule has 0 heterocycles. The van der Waals surface area contributed by atoms with Gasteiger partial charge in [-0.25, -0.2) is 4.99 Å². The lowest BCUT2D eigenvalue weighted by molar-refractivity contribution is 0.0883. The Balaban J connectivity index is 4.01. The van der Waals surface area contributed by atoms with Gasteiger partial charge in [-0.3, -0.25) is 5.32 Å². The van der Waals surface area contributed by atoms with Gasteiger partial charge in [-0.1, -0.05) is 27.4 Å². The van der Waals surface area contributed by atoms with E-state index in [-0.39, 0.29) is 12.0 Å². The van der Waals surface area contributed by atoms with E-state index in [1.54, 1.807) is 0 Å². The van der Waals surface area contributed by atoms with E-state index in [2.05, 4.69) is 41.8 Å². The predicted molar refractivity (Wildman–Crippen MR) is 72.7 cm³/mol. The zero-order valence-corrected chi connectivity index (χ0v) is 11.2. The van der Waals surface area contributed by atoms with Crippen molar-refractivity contribution < 1.29 is 5.11 Å². The van der Waals surface area contributed by atoms with Crippen LogP contribution in [0.3, 0.4) is 0 Å². The van der Waals surface area contributed by atoms with E-state index < -0.39 is 6.23 Å². The first-order valence-corrected chi connectivity index (χ1v) is 6.01. The van der Waals surface area contributed by atoms with Crippen LogP contribution in [0.15, 0.2) is 17.8 Å². The van der Waals surface area contributed by atoms with Crippen LogP contribution in [0.1, 0.15) is 27.2 Å². The first-order chi connectivity index (χ1) is 7.51. The Bertz CT molecular complexity index is 231. The maximum atomic E-state index is 9.60. The number of hydrogen-bond donors (Lipinski definition) is 4. The van der Waals surface area contributed by atoms with E-state index in [0.29, 0.717) is 11.7 Å². The van der Waals surface area contributed by atoms with Gasteiger partial charge in [-0.2, -0.15) is 0 Å². The third-order valence-corrected chi connectivity index (χ3v) is 2.49. The Kier molecular flexibility index (Phi) is 8.33. The quantitative estimate of drug-likeness (QED) is 0.237. The molecule has 0 aromatic rings. The molecule has 0 aromatic heterocycles. The summed E-state index contributed by atoms with van der Waals surface area (Å²) in [5.41, 5.74) is 0. The van der Waals surface area contributed by atoms with Crippen molar-refractivity contribution in [1.29, 1.82) is 0 Å². The fourth-order valence-corrected chi connectivity index (χ4v) is 1.37. The third-order valence-electron chi connectivity index (χ3n) is 2.24.